The van der Waals surface area contributed by atoms with Crippen molar-refractivity contribution in [3.63, 3.8) is 0 Å². The van der Waals surface area contributed by atoms with Crippen LogP contribution in [-0.4, -0.2) is 13.1 Å². The number of nitrogens with two attached hydrogens (primary N) is 1. The standard InChI is InChI=1S/C10H11NO3/c1-7(11)14-9-5-3-8(4-6-9)10(12)13-2/h3-6H,1,11H2,2H3. The average Bonchev–Trinajstić information content (AvgIpc) is 2.17. The van der Waals surface area contributed by atoms with Crippen LogP contribution in [-0.2, 0) is 4.74 Å². The lowest BCUT2D eigenvalue weighted by molar-refractivity contribution is 0.0600. The molecule has 0 aromatic heterocycles. The zero-order valence-corrected chi connectivity index (χ0v) is 7.82. The molecule has 0 radical (unpaired) electrons. The smallest absolute Gasteiger partial charge is 0.337 e. The van der Waals surface area contributed by atoms with E-state index in [9.17, 15) is 4.79 Å². The van der Waals surface area contributed by atoms with Gasteiger partial charge in [0.25, 0.3) is 0 Å². The van der Waals surface area contributed by atoms with E-state index in [2.05, 4.69) is 11.3 Å². The molecule has 0 unspecified atom stereocenters. The SMILES string of the molecule is C=C(N)Oc1ccc(C(=O)OC)cc1. The van der Waals surface area contributed by atoms with Crippen LogP contribution in [0.25, 0.3) is 0 Å². The van der Waals surface area contributed by atoms with Crippen molar-refractivity contribution in [3.8, 4) is 5.75 Å². The van der Waals surface area contributed by atoms with E-state index >= 15 is 0 Å². The molecule has 0 bridgehead atoms. The fraction of sp³-hybridized carbons (Fsp3) is 0.100. The second-order valence-electron chi connectivity index (χ2n) is 2.58. The molecule has 14 heavy (non-hydrogen) atoms. The molecule has 0 fully saturated rings. The van der Waals surface area contributed by atoms with Crippen molar-refractivity contribution < 1.29 is 14.3 Å². The van der Waals surface area contributed by atoms with E-state index in [0.29, 0.717) is 11.3 Å². The Labute approximate surface area is 81.9 Å². The van der Waals surface area contributed by atoms with Crippen LogP contribution < -0.4 is 10.5 Å². The molecule has 1 aromatic rings. The molecule has 0 spiro atoms. The molecule has 0 atom stereocenters. The Kier molecular flexibility index (Phi) is 3.12. The summed E-state index contributed by atoms with van der Waals surface area (Å²) in [5, 5.41) is 0. The quantitative estimate of drug-likeness (QED) is 0.580. The summed E-state index contributed by atoms with van der Waals surface area (Å²) in [5.41, 5.74) is 5.70. The Balaban J connectivity index is 2.78. The Morgan fingerprint density at radius 3 is 2.36 bits per heavy atom. The number of rotatable bonds is 3. The van der Waals surface area contributed by atoms with Crippen LogP contribution in [0, 0.1) is 0 Å². The summed E-state index contributed by atoms with van der Waals surface area (Å²) in [6, 6.07) is 6.41. The predicted octanol–water partition coefficient (Wildman–Crippen LogP) is 1.28. The van der Waals surface area contributed by atoms with E-state index in [1.54, 1.807) is 24.3 Å². The minimum absolute atomic E-state index is 0.107. The number of hydrogen-bond donors (Lipinski definition) is 1. The topological polar surface area (TPSA) is 61.5 Å². The first-order valence-corrected chi connectivity index (χ1v) is 3.94. The number of carbonyl (C=O) groups is 1. The molecule has 0 saturated carbocycles. The van der Waals surface area contributed by atoms with Crippen LogP contribution >= 0.6 is 0 Å². The molecule has 0 saturated heterocycles. The highest BCUT2D eigenvalue weighted by molar-refractivity contribution is 5.89. The lowest BCUT2D eigenvalue weighted by atomic mass is 10.2. The van der Waals surface area contributed by atoms with Gasteiger partial charge < -0.3 is 15.2 Å². The number of ether oxygens (including phenoxy) is 2. The monoisotopic (exact) mass is 193 g/mol. The second kappa shape index (κ2) is 4.32. The maximum atomic E-state index is 11.0. The molecule has 0 heterocycles. The third kappa shape index (κ3) is 2.52. The molecule has 1 aromatic carbocycles. The van der Waals surface area contributed by atoms with E-state index < -0.39 is 0 Å². The van der Waals surface area contributed by atoms with Gasteiger partial charge in [-0.1, -0.05) is 0 Å². The van der Waals surface area contributed by atoms with Gasteiger partial charge in [-0.15, -0.1) is 0 Å². The fourth-order valence-corrected chi connectivity index (χ4v) is 0.928. The number of hydrogen-bond acceptors (Lipinski definition) is 4. The van der Waals surface area contributed by atoms with Crippen LogP contribution in [0.15, 0.2) is 36.7 Å². The first-order valence-electron chi connectivity index (χ1n) is 3.94. The van der Waals surface area contributed by atoms with E-state index in [-0.39, 0.29) is 11.9 Å². The number of carbonyl (C=O) groups excluding carboxylic acids is 1. The predicted molar refractivity (Wildman–Crippen MR) is 51.7 cm³/mol. The Hall–Kier alpha value is -1.97. The Bertz CT molecular complexity index is 343. The van der Waals surface area contributed by atoms with Crippen molar-refractivity contribution in [2.75, 3.05) is 7.11 Å². The lowest BCUT2D eigenvalue weighted by Gasteiger charge is -2.04. The molecule has 0 aliphatic heterocycles. The second-order valence-corrected chi connectivity index (χ2v) is 2.58. The van der Waals surface area contributed by atoms with Gasteiger partial charge in [-0.3, -0.25) is 0 Å². The summed E-state index contributed by atoms with van der Waals surface area (Å²) in [4.78, 5) is 11.0. The molecular formula is C10H11NO3. The third-order valence-electron chi connectivity index (χ3n) is 1.52. The zero-order valence-electron chi connectivity index (χ0n) is 7.82. The molecule has 4 heteroatoms. The van der Waals surface area contributed by atoms with Crippen molar-refractivity contribution in [1.29, 1.82) is 0 Å². The van der Waals surface area contributed by atoms with Gasteiger partial charge in [0.05, 0.1) is 12.7 Å². The normalized spacial score (nSPS) is 9.21. The highest BCUT2D eigenvalue weighted by Gasteiger charge is 2.04. The average molecular weight is 193 g/mol. The highest BCUT2D eigenvalue weighted by Crippen LogP contribution is 2.13. The van der Waals surface area contributed by atoms with Gasteiger partial charge >= 0.3 is 5.97 Å². The van der Waals surface area contributed by atoms with Gasteiger partial charge in [-0.05, 0) is 30.8 Å². The minimum Gasteiger partial charge on any atom is -0.465 e. The molecule has 2 N–H and O–H groups in total. The van der Waals surface area contributed by atoms with Gasteiger partial charge in [0.2, 0.25) is 0 Å². The number of esters is 1. The Morgan fingerprint density at radius 1 is 1.36 bits per heavy atom. The summed E-state index contributed by atoms with van der Waals surface area (Å²) in [7, 11) is 1.33. The van der Waals surface area contributed by atoms with Crippen molar-refractivity contribution in [3.05, 3.63) is 42.3 Å². The van der Waals surface area contributed by atoms with Gasteiger partial charge in [-0.2, -0.15) is 0 Å². The van der Waals surface area contributed by atoms with Gasteiger partial charge in [-0.25, -0.2) is 4.79 Å². The molecular weight excluding hydrogens is 182 g/mol. The maximum absolute atomic E-state index is 11.0. The number of methoxy groups -OCH3 is 1. The maximum Gasteiger partial charge on any atom is 0.337 e. The largest absolute Gasteiger partial charge is 0.465 e. The van der Waals surface area contributed by atoms with Crippen LogP contribution in [0.1, 0.15) is 10.4 Å². The van der Waals surface area contributed by atoms with Crippen molar-refractivity contribution in [2.24, 2.45) is 5.73 Å². The molecule has 0 aliphatic carbocycles. The number of benzene rings is 1. The van der Waals surface area contributed by atoms with Gasteiger partial charge in [0.1, 0.15) is 5.75 Å². The van der Waals surface area contributed by atoms with Gasteiger partial charge in [0.15, 0.2) is 5.88 Å². The first kappa shape index (κ1) is 10.1. The summed E-state index contributed by atoms with van der Waals surface area (Å²) >= 11 is 0. The van der Waals surface area contributed by atoms with E-state index in [4.69, 9.17) is 10.5 Å². The summed E-state index contributed by atoms with van der Waals surface area (Å²) < 4.78 is 9.55. The van der Waals surface area contributed by atoms with E-state index in [1.165, 1.54) is 7.11 Å². The van der Waals surface area contributed by atoms with Crippen LogP contribution in [0.5, 0.6) is 5.75 Å². The van der Waals surface area contributed by atoms with Gasteiger partial charge in [0, 0.05) is 0 Å². The van der Waals surface area contributed by atoms with E-state index in [0.717, 1.165) is 0 Å². The van der Waals surface area contributed by atoms with E-state index in [1.807, 2.05) is 0 Å². The molecule has 0 aliphatic rings. The fourth-order valence-electron chi connectivity index (χ4n) is 0.928. The highest BCUT2D eigenvalue weighted by atomic mass is 16.5. The first-order chi connectivity index (χ1) is 6.63. The minimum atomic E-state index is -0.386. The summed E-state index contributed by atoms with van der Waals surface area (Å²) in [5.74, 6) is 0.254. The summed E-state index contributed by atoms with van der Waals surface area (Å²) in [6.45, 7) is 3.39. The van der Waals surface area contributed by atoms with Crippen molar-refractivity contribution in [1.82, 2.24) is 0 Å². The lowest BCUT2D eigenvalue weighted by Crippen LogP contribution is -2.04. The Morgan fingerprint density at radius 2 is 1.93 bits per heavy atom. The van der Waals surface area contributed by atoms with Crippen LogP contribution in [0.4, 0.5) is 0 Å². The van der Waals surface area contributed by atoms with Crippen LogP contribution in [0.2, 0.25) is 0 Å². The zero-order chi connectivity index (χ0) is 10.6. The van der Waals surface area contributed by atoms with Crippen LogP contribution in [0.3, 0.4) is 0 Å². The summed E-state index contributed by atoms with van der Waals surface area (Å²) in [6.07, 6.45) is 0. The van der Waals surface area contributed by atoms with Crippen molar-refractivity contribution >= 4 is 5.97 Å². The molecule has 0 amide bonds. The molecule has 1 rings (SSSR count). The third-order valence-corrected chi connectivity index (χ3v) is 1.52. The molecule has 4 nitrogen and oxygen atoms in total. The van der Waals surface area contributed by atoms with Crippen molar-refractivity contribution in [2.45, 2.75) is 0 Å². The molecule has 74 valence electrons.